The largest absolute Gasteiger partial charge is 0.466 e. The standard InChI is InChI=1S/C22H23N3O3S/c1-2-28-22(27)15-9-6-12-25(13-15)21(26)19-18(23)16-10-11-17(24-20(16)29-19)14-7-4-3-5-8-14/h3-5,7-8,10-11,15H,2,6,9,12-13,23H2,1H3. The number of esters is 1. The summed E-state index contributed by atoms with van der Waals surface area (Å²) < 4.78 is 5.13. The summed E-state index contributed by atoms with van der Waals surface area (Å²) in [5.41, 5.74) is 8.63. The number of likely N-dealkylation sites (tertiary alicyclic amines) is 1. The summed E-state index contributed by atoms with van der Waals surface area (Å²) in [7, 11) is 0. The van der Waals surface area contributed by atoms with Gasteiger partial charge in [-0.1, -0.05) is 30.3 Å². The highest BCUT2D eigenvalue weighted by Crippen LogP contribution is 2.35. The number of rotatable bonds is 4. The molecule has 1 unspecified atom stereocenters. The quantitative estimate of drug-likeness (QED) is 0.659. The van der Waals surface area contributed by atoms with Crippen molar-refractivity contribution in [3.63, 3.8) is 0 Å². The number of benzene rings is 1. The number of carbonyl (C=O) groups is 2. The van der Waals surface area contributed by atoms with Crippen LogP contribution in [0.25, 0.3) is 21.5 Å². The molecule has 1 fully saturated rings. The fourth-order valence-corrected chi connectivity index (χ4v) is 4.75. The van der Waals surface area contributed by atoms with E-state index in [4.69, 9.17) is 15.5 Å². The number of hydrogen-bond donors (Lipinski definition) is 1. The van der Waals surface area contributed by atoms with Crippen LogP contribution in [0.4, 0.5) is 5.69 Å². The SMILES string of the molecule is CCOC(=O)C1CCCN(C(=O)c2sc3nc(-c4ccccc4)ccc3c2N)C1. The number of nitrogens with two attached hydrogens (primary N) is 1. The number of hydrogen-bond acceptors (Lipinski definition) is 6. The Labute approximate surface area is 173 Å². The first kappa shape index (κ1) is 19.4. The first-order chi connectivity index (χ1) is 14.1. The average Bonchev–Trinajstić information content (AvgIpc) is 3.10. The van der Waals surface area contributed by atoms with Crippen LogP contribution in [0, 0.1) is 5.92 Å². The zero-order valence-electron chi connectivity index (χ0n) is 16.3. The maximum atomic E-state index is 13.1. The molecule has 0 spiro atoms. The molecule has 29 heavy (non-hydrogen) atoms. The predicted molar refractivity (Wildman–Crippen MR) is 115 cm³/mol. The second kappa shape index (κ2) is 8.21. The lowest BCUT2D eigenvalue weighted by Crippen LogP contribution is -2.42. The first-order valence-electron chi connectivity index (χ1n) is 9.78. The fourth-order valence-electron chi connectivity index (χ4n) is 3.68. The summed E-state index contributed by atoms with van der Waals surface area (Å²) in [5.74, 6) is -0.643. The third-order valence-electron chi connectivity index (χ3n) is 5.19. The van der Waals surface area contributed by atoms with E-state index >= 15 is 0 Å². The number of aromatic nitrogens is 1. The highest BCUT2D eigenvalue weighted by molar-refractivity contribution is 7.21. The van der Waals surface area contributed by atoms with Gasteiger partial charge in [0.2, 0.25) is 0 Å². The second-order valence-electron chi connectivity index (χ2n) is 7.10. The Morgan fingerprint density at radius 1 is 1.24 bits per heavy atom. The number of fused-ring (bicyclic) bond motifs is 1. The molecule has 2 aromatic heterocycles. The molecule has 6 nitrogen and oxygen atoms in total. The minimum Gasteiger partial charge on any atom is -0.466 e. The molecule has 3 aromatic rings. The van der Waals surface area contributed by atoms with Crippen molar-refractivity contribution in [1.82, 2.24) is 9.88 Å². The summed E-state index contributed by atoms with van der Waals surface area (Å²) >= 11 is 1.31. The number of nitrogens with zero attached hydrogens (tertiary/aromatic N) is 2. The number of piperidine rings is 1. The lowest BCUT2D eigenvalue weighted by Gasteiger charge is -2.31. The van der Waals surface area contributed by atoms with Crippen molar-refractivity contribution in [2.75, 3.05) is 25.4 Å². The smallest absolute Gasteiger partial charge is 0.310 e. The van der Waals surface area contributed by atoms with E-state index in [2.05, 4.69) is 0 Å². The van der Waals surface area contributed by atoms with Crippen LogP contribution in [0.3, 0.4) is 0 Å². The molecule has 1 aliphatic rings. The number of nitrogen functional groups attached to an aromatic ring is 1. The third-order valence-corrected chi connectivity index (χ3v) is 6.29. The van der Waals surface area contributed by atoms with Gasteiger partial charge in [0.1, 0.15) is 9.71 Å². The van der Waals surface area contributed by atoms with Gasteiger partial charge >= 0.3 is 5.97 Å². The normalized spacial score (nSPS) is 16.7. The number of pyridine rings is 1. The fraction of sp³-hybridized carbons (Fsp3) is 0.318. The van der Waals surface area contributed by atoms with Gasteiger partial charge in [-0.05, 0) is 31.9 Å². The molecule has 1 atom stereocenters. The minimum atomic E-state index is -0.272. The number of amides is 1. The van der Waals surface area contributed by atoms with Gasteiger partial charge < -0.3 is 15.4 Å². The van der Waals surface area contributed by atoms with E-state index in [1.165, 1.54) is 11.3 Å². The Bertz CT molecular complexity index is 1050. The zero-order valence-corrected chi connectivity index (χ0v) is 17.1. The summed E-state index contributed by atoms with van der Waals surface area (Å²) in [6.45, 7) is 3.12. The molecule has 0 bridgehead atoms. The van der Waals surface area contributed by atoms with Crippen molar-refractivity contribution in [1.29, 1.82) is 0 Å². The Balaban J connectivity index is 1.61. The Morgan fingerprint density at radius 2 is 2.03 bits per heavy atom. The number of anilines is 1. The molecule has 1 amide bonds. The van der Waals surface area contributed by atoms with Gasteiger partial charge in [0.25, 0.3) is 5.91 Å². The third kappa shape index (κ3) is 3.82. The summed E-state index contributed by atoms with van der Waals surface area (Å²) in [6.07, 6.45) is 1.52. The molecule has 1 aliphatic heterocycles. The van der Waals surface area contributed by atoms with Gasteiger partial charge in [0.15, 0.2) is 0 Å². The van der Waals surface area contributed by atoms with E-state index in [1.807, 2.05) is 42.5 Å². The maximum absolute atomic E-state index is 13.1. The van der Waals surface area contributed by atoms with Gasteiger partial charge in [-0.15, -0.1) is 11.3 Å². The Hall–Kier alpha value is -2.93. The van der Waals surface area contributed by atoms with Crippen LogP contribution in [0.2, 0.25) is 0 Å². The van der Waals surface area contributed by atoms with E-state index in [-0.39, 0.29) is 17.8 Å². The van der Waals surface area contributed by atoms with Crippen molar-refractivity contribution in [3.8, 4) is 11.3 Å². The minimum absolute atomic E-state index is 0.138. The lowest BCUT2D eigenvalue weighted by molar-refractivity contribution is -0.149. The van der Waals surface area contributed by atoms with E-state index in [9.17, 15) is 9.59 Å². The molecule has 0 radical (unpaired) electrons. The van der Waals surface area contributed by atoms with Crippen LogP contribution in [-0.4, -0.2) is 41.5 Å². The monoisotopic (exact) mass is 409 g/mol. The van der Waals surface area contributed by atoms with E-state index in [0.717, 1.165) is 34.3 Å². The van der Waals surface area contributed by atoms with E-state index in [1.54, 1.807) is 11.8 Å². The molecule has 1 saturated heterocycles. The van der Waals surface area contributed by atoms with Crippen LogP contribution < -0.4 is 5.73 Å². The number of carbonyl (C=O) groups excluding carboxylic acids is 2. The second-order valence-corrected chi connectivity index (χ2v) is 8.10. The molecule has 2 N–H and O–H groups in total. The molecule has 7 heteroatoms. The molecular weight excluding hydrogens is 386 g/mol. The van der Waals surface area contributed by atoms with Crippen LogP contribution in [0.5, 0.6) is 0 Å². The summed E-state index contributed by atoms with van der Waals surface area (Å²) in [4.78, 5) is 32.9. The summed E-state index contributed by atoms with van der Waals surface area (Å²) in [5, 5.41) is 0.789. The summed E-state index contributed by atoms with van der Waals surface area (Å²) in [6, 6.07) is 13.7. The molecule has 0 aliphatic carbocycles. The Morgan fingerprint density at radius 3 is 2.79 bits per heavy atom. The van der Waals surface area contributed by atoms with Gasteiger partial charge in [-0.25, -0.2) is 4.98 Å². The topological polar surface area (TPSA) is 85.5 Å². The van der Waals surface area contributed by atoms with Crippen LogP contribution >= 0.6 is 11.3 Å². The van der Waals surface area contributed by atoms with E-state index in [0.29, 0.717) is 30.3 Å². The number of ether oxygens (including phenoxy) is 1. The molecule has 1 aromatic carbocycles. The predicted octanol–water partition coefficient (Wildman–Crippen LogP) is 3.96. The lowest BCUT2D eigenvalue weighted by atomic mass is 9.98. The molecular formula is C22H23N3O3S. The van der Waals surface area contributed by atoms with E-state index < -0.39 is 0 Å². The van der Waals surface area contributed by atoms with Crippen LogP contribution in [0.1, 0.15) is 29.4 Å². The highest BCUT2D eigenvalue weighted by Gasteiger charge is 2.31. The molecule has 150 valence electrons. The van der Waals surface area contributed by atoms with Crippen LogP contribution in [-0.2, 0) is 9.53 Å². The van der Waals surface area contributed by atoms with Gasteiger partial charge in [-0.3, -0.25) is 9.59 Å². The van der Waals surface area contributed by atoms with Crippen molar-refractivity contribution in [3.05, 3.63) is 47.3 Å². The van der Waals surface area contributed by atoms with Gasteiger partial charge in [0.05, 0.1) is 23.9 Å². The average molecular weight is 410 g/mol. The van der Waals surface area contributed by atoms with Crippen molar-refractivity contribution < 1.29 is 14.3 Å². The molecule has 3 heterocycles. The first-order valence-corrected chi connectivity index (χ1v) is 10.6. The maximum Gasteiger partial charge on any atom is 0.310 e. The molecule has 4 rings (SSSR count). The van der Waals surface area contributed by atoms with Gasteiger partial charge in [0, 0.05) is 24.0 Å². The van der Waals surface area contributed by atoms with Gasteiger partial charge in [-0.2, -0.15) is 0 Å². The van der Waals surface area contributed by atoms with Crippen molar-refractivity contribution in [2.24, 2.45) is 5.92 Å². The van der Waals surface area contributed by atoms with Crippen LogP contribution in [0.15, 0.2) is 42.5 Å². The zero-order chi connectivity index (χ0) is 20.4. The van der Waals surface area contributed by atoms with Crippen molar-refractivity contribution in [2.45, 2.75) is 19.8 Å². The number of thiophene rings is 1. The molecule has 0 saturated carbocycles. The Kier molecular flexibility index (Phi) is 5.49. The highest BCUT2D eigenvalue weighted by atomic mass is 32.1. The van der Waals surface area contributed by atoms with Crippen molar-refractivity contribution >= 4 is 39.1 Å².